The first kappa shape index (κ1) is 11.9. The van der Waals surface area contributed by atoms with Gasteiger partial charge in [-0.15, -0.1) is 0 Å². The molecule has 2 heteroatoms. The molecule has 0 rings (SSSR count). The molecule has 0 spiro atoms. The van der Waals surface area contributed by atoms with E-state index in [4.69, 9.17) is 4.74 Å². The summed E-state index contributed by atoms with van der Waals surface area (Å²) in [6.45, 7) is 4.94. The fourth-order valence-electron chi connectivity index (χ4n) is 1.08. The van der Waals surface area contributed by atoms with E-state index in [0.29, 0.717) is 6.61 Å². The van der Waals surface area contributed by atoms with Crippen LogP contribution in [0.15, 0.2) is 0 Å². The van der Waals surface area contributed by atoms with Crippen molar-refractivity contribution in [3.63, 3.8) is 0 Å². The van der Waals surface area contributed by atoms with Crippen LogP contribution in [0.4, 0.5) is 0 Å². The van der Waals surface area contributed by atoms with E-state index in [1.54, 1.807) is 0 Å². The quantitative estimate of drug-likeness (QED) is 0.453. The summed E-state index contributed by atoms with van der Waals surface area (Å²) < 4.78 is 5.18. The first-order chi connectivity index (χ1) is 5.81. The van der Waals surface area contributed by atoms with Crippen LogP contribution in [0.2, 0.25) is 0 Å². The molecule has 0 fully saturated rings. The van der Waals surface area contributed by atoms with Crippen molar-refractivity contribution < 1.29 is 9.84 Å². The maximum atomic E-state index is 9.18. The molecule has 0 radical (unpaired) electrons. The molecule has 0 aliphatic carbocycles. The summed E-state index contributed by atoms with van der Waals surface area (Å²) in [6, 6.07) is 0. The predicted octanol–water partition coefficient (Wildman–Crippen LogP) is 2.70. The number of unbranched alkanes of at least 4 members (excludes halogenated alkanes) is 3. The standard InChI is InChI=1S/C10H22O2/c1-3-5-6-7-9-12-10(11)8-4-2/h10-11H,3-9H2,1-2H3. The van der Waals surface area contributed by atoms with Gasteiger partial charge in [-0.2, -0.15) is 0 Å². The lowest BCUT2D eigenvalue weighted by atomic mass is 10.2. The Balaban J connectivity index is 2.97. The molecule has 1 unspecified atom stereocenters. The van der Waals surface area contributed by atoms with Crippen LogP contribution in [0.5, 0.6) is 0 Å². The van der Waals surface area contributed by atoms with Crippen LogP contribution in [-0.2, 0) is 4.74 Å². The van der Waals surface area contributed by atoms with Crippen LogP contribution < -0.4 is 0 Å². The lowest BCUT2D eigenvalue weighted by molar-refractivity contribution is -0.104. The van der Waals surface area contributed by atoms with Crippen LogP contribution in [0.25, 0.3) is 0 Å². The van der Waals surface area contributed by atoms with E-state index in [9.17, 15) is 5.11 Å². The van der Waals surface area contributed by atoms with Crippen molar-refractivity contribution in [1.82, 2.24) is 0 Å². The summed E-state index contributed by atoms with van der Waals surface area (Å²) in [4.78, 5) is 0. The molecule has 1 atom stereocenters. The fraction of sp³-hybridized carbons (Fsp3) is 1.00. The number of ether oxygens (including phenoxy) is 1. The minimum Gasteiger partial charge on any atom is -0.368 e. The largest absolute Gasteiger partial charge is 0.368 e. The van der Waals surface area contributed by atoms with Crippen LogP contribution in [0.1, 0.15) is 52.4 Å². The molecule has 0 aromatic carbocycles. The SMILES string of the molecule is CCCCCCOC(O)CCC. The Hall–Kier alpha value is -0.0800. The summed E-state index contributed by atoms with van der Waals surface area (Å²) in [6.07, 6.45) is 6.02. The number of aliphatic hydroxyl groups is 1. The first-order valence-corrected chi connectivity index (χ1v) is 5.11. The third-order valence-electron chi connectivity index (χ3n) is 1.84. The molecule has 12 heavy (non-hydrogen) atoms. The lowest BCUT2D eigenvalue weighted by Gasteiger charge is -2.09. The Labute approximate surface area is 75.9 Å². The molecular weight excluding hydrogens is 152 g/mol. The average Bonchev–Trinajstić information content (AvgIpc) is 2.05. The van der Waals surface area contributed by atoms with Gasteiger partial charge in [-0.05, 0) is 12.8 Å². The van der Waals surface area contributed by atoms with Gasteiger partial charge in [-0.3, -0.25) is 0 Å². The van der Waals surface area contributed by atoms with Gasteiger partial charge >= 0.3 is 0 Å². The lowest BCUT2D eigenvalue weighted by Crippen LogP contribution is -2.11. The number of hydrogen-bond donors (Lipinski definition) is 1. The van der Waals surface area contributed by atoms with Crippen molar-refractivity contribution in [3.05, 3.63) is 0 Å². The second-order valence-corrected chi connectivity index (χ2v) is 3.17. The van der Waals surface area contributed by atoms with Gasteiger partial charge in [0.25, 0.3) is 0 Å². The Morgan fingerprint density at radius 3 is 2.42 bits per heavy atom. The van der Waals surface area contributed by atoms with Crippen molar-refractivity contribution in [2.24, 2.45) is 0 Å². The average molecular weight is 174 g/mol. The minimum absolute atomic E-state index is 0.531. The van der Waals surface area contributed by atoms with Crippen LogP contribution in [0.3, 0.4) is 0 Å². The second-order valence-electron chi connectivity index (χ2n) is 3.17. The molecule has 0 amide bonds. The monoisotopic (exact) mass is 174 g/mol. The van der Waals surface area contributed by atoms with Crippen LogP contribution >= 0.6 is 0 Å². The minimum atomic E-state index is -0.531. The van der Waals surface area contributed by atoms with Crippen molar-refractivity contribution in [2.45, 2.75) is 58.7 Å². The van der Waals surface area contributed by atoms with Crippen molar-refractivity contribution in [1.29, 1.82) is 0 Å². The highest BCUT2D eigenvalue weighted by Crippen LogP contribution is 2.02. The number of hydrogen-bond acceptors (Lipinski definition) is 2. The van der Waals surface area contributed by atoms with E-state index in [0.717, 1.165) is 19.3 Å². The highest BCUT2D eigenvalue weighted by molar-refractivity contribution is 4.42. The molecule has 0 aliphatic rings. The highest BCUT2D eigenvalue weighted by Gasteiger charge is 2.00. The van der Waals surface area contributed by atoms with Gasteiger partial charge in [0.2, 0.25) is 0 Å². The number of rotatable bonds is 8. The van der Waals surface area contributed by atoms with Gasteiger partial charge in [0.1, 0.15) is 0 Å². The molecule has 0 saturated heterocycles. The van der Waals surface area contributed by atoms with E-state index in [-0.39, 0.29) is 0 Å². The smallest absolute Gasteiger partial charge is 0.154 e. The molecule has 1 N–H and O–H groups in total. The van der Waals surface area contributed by atoms with E-state index in [2.05, 4.69) is 6.92 Å². The van der Waals surface area contributed by atoms with Crippen LogP contribution in [-0.4, -0.2) is 18.0 Å². The number of aliphatic hydroxyl groups excluding tert-OH is 1. The molecule has 0 aliphatic heterocycles. The van der Waals surface area contributed by atoms with Crippen molar-refractivity contribution in [3.8, 4) is 0 Å². The predicted molar refractivity (Wildman–Crippen MR) is 51.0 cm³/mol. The van der Waals surface area contributed by atoms with Crippen LogP contribution in [0, 0.1) is 0 Å². The summed E-state index contributed by atoms with van der Waals surface area (Å²) >= 11 is 0. The normalized spacial score (nSPS) is 13.2. The van der Waals surface area contributed by atoms with E-state index in [1.807, 2.05) is 6.92 Å². The Bertz CT molecular complexity index is 83.9. The second kappa shape index (κ2) is 9.01. The zero-order valence-electron chi connectivity index (χ0n) is 8.38. The molecule has 0 saturated carbocycles. The van der Waals surface area contributed by atoms with Gasteiger partial charge in [0, 0.05) is 6.61 Å². The highest BCUT2D eigenvalue weighted by atomic mass is 16.6. The Morgan fingerprint density at radius 1 is 1.08 bits per heavy atom. The van der Waals surface area contributed by atoms with Crippen molar-refractivity contribution in [2.75, 3.05) is 6.61 Å². The van der Waals surface area contributed by atoms with Gasteiger partial charge < -0.3 is 9.84 Å². The zero-order chi connectivity index (χ0) is 9.23. The zero-order valence-corrected chi connectivity index (χ0v) is 8.38. The topological polar surface area (TPSA) is 29.5 Å². The summed E-state index contributed by atoms with van der Waals surface area (Å²) in [5.41, 5.74) is 0. The summed E-state index contributed by atoms with van der Waals surface area (Å²) in [5, 5.41) is 9.18. The first-order valence-electron chi connectivity index (χ1n) is 5.11. The molecule has 74 valence electrons. The fourth-order valence-corrected chi connectivity index (χ4v) is 1.08. The Morgan fingerprint density at radius 2 is 1.83 bits per heavy atom. The molecule has 0 aromatic rings. The molecule has 0 heterocycles. The van der Waals surface area contributed by atoms with Crippen molar-refractivity contribution >= 4 is 0 Å². The van der Waals surface area contributed by atoms with Gasteiger partial charge in [-0.1, -0.05) is 39.5 Å². The van der Waals surface area contributed by atoms with E-state index in [1.165, 1.54) is 19.3 Å². The maximum Gasteiger partial charge on any atom is 0.154 e. The molecule has 0 aromatic heterocycles. The third-order valence-corrected chi connectivity index (χ3v) is 1.84. The van der Waals surface area contributed by atoms with E-state index >= 15 is 0 Å². The van der Waals surface area contributed by atoms with E-state index < -0.39 is 6.29 Å². The summed E-state index contributed by atoms with van der Waals surface area (Å²) in [5.74, 6) is 0. The molecule has 2 nitrogen and oxygen atoms in total. The van der Waals surface area contributed by atoms with Gasteiger partial charge in [0.05, 0.1) is 0 Å². The molecular formula is C10H22O2. The third kappa shape index (κ3) is 8.02. The van der Waals surface area contributed by atoms with Gasteiger partial charge in [-0.25, -0.2) is 0 Å². The maximum absolute atomic E-state index is 9.18. The summed E-state index contributed by atoms with van der Waals surface area (Å²) in [7, 11) is 0. The molecule has 0 bridgehead atoms. The van der Waals surface area contributed by atoms with Gasteiger partial charge in [0.15, 0.2) is 6.29 Å². The Kier molecular flexibility index (Phi) is 8.95.